The van der Waals surface area contributed by atoms with E-state index in [1.807, 2.05) is 24.9 Å². The SMILES string of the molecule is CC(CN(C)C(C)c1cccc(F)c1)C(=O)O. The fourth-order valence-electron chi connectivity index (χ4n) is 1.69. The molecule has 1 N–H and O–H groups in total. The van der Waals surface area contributed by atoms with Crippen molar-refractivity contribution < 1.29 is 14.3 Å². The summed E-state index contributed by atoms with van der Waals surface area (Å²) in [6.07, 6.45) is 0. The maximum atomic E-state index is 13.1. The predicted molar refractivity (Wildman–Crippen MR) is 64.2 cm³/mol. The Balaban J connectivity index is 2.69. The minimum absolute atomic E-state index is 0.00694. The van der Waals surface area contributed by atoms with Gasteiger partial charge in [0.15, 0.2) is 0 Å². The van der Waals surface area contributed by atoms with E-state index in [1.54, 1.807) is 13.0 Å². The van der Waals surface area contributed by atoms with Gasteiger partial charge in [0, 0.05) is 12.6 Å². The molecule has 0 spiro atoms. The van der Waals surface area contributed by atoms with E-state index in [2.05, 4.69) is 0 Å². The van der Waals surface area contributed by atoms with Gasteiger partial charge in [-0.15, -0.1) is 0 Å². The summed E-state index contributed by atoms with van der Waals surface area (Å²) < 4.78 is 13.1. The molecule has 0 bridgehead atoms. The summed E-state index contributed by atoms with van der Waals surface area (Å²) in [5, 5.41) is 8.84. The van der Waals surface area contributed by atoms with Gasteiger partial charge >= 0.3 is 5.97 Å². The molecular formula is C13H18FNO2. The molecule has 0 aliphatic rings. The smallest absolute Gasteiger partial charge is 0.307 e. The van der Waals surface area contributed by atoms with Crippen molar-refractivity contribution in [3.63, 3.8) is 0 Å². The van der Waals surface area contributed by atoms with E-state index in [0.717, 1.165) is 5.56 Å². The van der Waals surface area contributed by atoms with Crippen LogP contribution in [0.15, 0.2) is 24.3 Å². The van der Waals surface area contributed by atoms with E-state index >= 15 is 0 Å². The van der Waals surface area contributed by atoms with Crippen LogP contribution in [0.3, 0.4) is 0 Å². The third kappa shape index (κ3) is 3.82. The number of rotatable bonds is 5. The molecule has 0 aliphatic heterocycles. The van der Waals surface area contributed by atoms with Gasteiger partial charge in [0.1, 0.15) is 5.82 Å². The number of hydrogen-bond acceptors (Lipinski definition) is 2. The van der Waals surface area contributed by atoms with Gasteiger partial charge < -0.3 is 5.11 Å². The molecule has 1 rings (SSSR count). The fraction of sp³-hybridized carbons (Fsp3) is 0.462. The average molecular weight is 239 g/mol. The summed E-state index contributed by atoms with van der Waals surface area (Å²) in [5.41, 5.74) is 0.852. The van der Waals surface area contributed by atoms with Crippen LogP contribution in [0.4, 0.5) is 4.39 Å². The minimum atomic E-state index is -0.816. The molecule has 1 aromatic rings. The van der Waals surface area contributed by atoms with Crippen molar-refractivity contribution in [2.24, 2.45) is 5.92 Å². The van der Waals surface area contributed by atoms with Crippen LogP contribution in [-0.2, 0) is 4.79 Å². The number of nitrogens with zero attached hydrogens (tertiary/aromatic N) is 1. The Morgan fingerprint density at radius 2 is 2.12 bits per heavy atom. The lowest BCUT2D eigenvalue weighted by molar-refractivity contribution is -0.141. The van der Waals surface area contributed by atoms with Gasteiger partial charge in [-0.2, -0.15) is 0 Å². The van der Waals surface area contributed by atoms with E-state index in [0.29, 0.717) is 6.54 Å². The maximum Gasteiger partial charge on any atom is 0.307 e. The summed E-state index contributed by atoms with van der Waals surface area (Å²) >= 11 is 0. The summed E-state index contributed by atoms with van der Waals surface area (Å²) in [7, 11) is 1.84. The maximum absolute atomic E-state index is 13.1. The fourth-order valence-corrected chi connectivity index (χ4v) is 1.69. The minimum Gasteiger partial charge on any atom is -0.481 e. The van der Waals surface area contributed by atoms with Crippen molar-refractivity contribution >= 4 is 5.97 Å². The lowest BCUT2D eigenvalue weighted by Crippen LogP contribution is -2.30. The van der Waals surface area contributed by atoms with Gasteiger partial charge in [-0.3, -0.25) is 9.69 Å². The second-order valence-corrected chi connectivity index (χ2v) is 4.41. The molecule has 94 valence electrons. The highest BCUT2D eigenvalue weighted by molar-refractivity contribution is 5.69. The van der Waals surface area contributed by atoms with E-state index in [9.17, 15) is 9.18 Å². The van der Waals surface area contributed by atoms with Crippen molar-refractivity contribution in [2.75, 3.05) is 13.6 Å². The quantitative estimate of drug-likeness (QED) is 0.858. The first kappa shape index (κ1) is 13.6. The van der Waals surface area contributed by atoms with Gasteiger partial charge in [-0.05, 0) is 31.7 Å². The first-order valence-electron chi connectivity index (χ1n) is 5.60. The predicted octanol–water partition coefficient (Wildman–Crippen LogP) is 2.54. The van der Waals surface area contributed by atoms with Gasteiger partial charge in [-0.1, -0.05) is 19.1 Å². The van der Waals surface area contributed by atoms with Crippen molar-refractivity contribution in [1.82, 2.24) is 4.90 Å². The van der Waals surface area contributed by atoms with E-state index in [4.69, 9.17) is 5.11 Å². The molecular weight excluding hydrogens is 221 g/mol. The zero-order valence-electron chi connectivity index (χ0n) is 10.4. The van der Waals surface area contributed by atoms with Crippen LogP contribution in [0.25, 0.3) is 0 Å². The molecule has 0 saturated heterocycles. The zero-order valence-corrected chi connectivity index (χ0v) is 10.4. The molecule has 1 aromatic carbocycles. The molecule has 4 heteroatoms. The molecule has 3 nitrogen and oxygen atoms in total. The largest absolute Gasteiger partial charge is 0.481 e. The molecule has 0 saturated carbocycles. The van der Waals surface area contributed by atoms with Crippen LogP contribution in [0, 0.1) is 11.7 Å². The second-order valence-electron chi connectivity index (χ2n) is 4.41. The van der Waals surface area contributed by atoms with Crippen LogP contribution < -0.4 is 0 Å². The van der Waals surface area contributed by atoms with E-state index < -0.39 is 11.9 Å². The number of hydrogen-bond donors (Lipinski definition) is 1. The zero-order chi connectivity index (χ0) is 13.0. The van der Waals surface area contributed by atoms with Crippen molar-refractivity contribution in [2.45, 2.75) is 19.9 Å². The lowest BCUT2D eigenvalue weighted by atomic mass is 10.1. The first-order chi connectivity index (χ1) is 7.91. The number of aliphatic carboxylic acids is 1. The van der Waals surface area contributed by atoms with Crippen molar-refractivity contribution in [3.05, 3.63) is 35.6 Å². The Hall–Kier alpha value is -1.42. The summed E-state index contributed by atoms with van der Waals surface area (Å²) in [6.45, 7) is 4.04. The molecule has 0 fully saturated rings. The van der Waals surface area contributed by atoms with Crippen LogP contribution in [0.2, 0.25) is 0 Å². The summed E-state index contributed by atoms with van der Waals surface area (Å²) in [5.74, 6) is -1.52. The lowest BCUT2D eigenvalue weighted by Gasteiger charge is -2.26. The molecule has 0 heterocycles. The first-order valence-corrected chi connectivity index (χ1v) is 5.60. The topological polar surface area (TPSA) is 40.5 Å². The van der Waals surface area contributed by atoms with Gasteiger partial charge in [0.2, 0.25) is 0 Å². The third-order valence-electron chi connectivity index (χ3n) is 2.98. The summed E-state index contributed by atoms with van der Waals surface area (Å²) in [4.78, 5) is 12.7. The second kappa shape index (κ2) is 5.77. The van der Waals surface area contributed by atoms with Crippen LogP contribution >= 0.6 is 0 Å². The normalized spacial score (nSPS) is 14.6. The standard InChI is InChI=1S/C13H18FNO2/c1-9(13(16)17)8-15(3)10(2)11-5-4-6-12(14)7-11/h4-7,9-10H,8H2,1-3H3,(H,16,17). The van der Waals surface area contributed by atoms with Crippen LogP contribution in [-0.4, -0.2) is 29.6 Å². The Kier molecular flexibility index (Phi) is 4.63. The molecule has 0 radical (unpaired) electrons. The average Bonchev–Trinajstić information content (AvgIpc) is 2.27. The van der Waals surface area contributed by atoms with Gasteiger partial charge in [-0.25, -0.2) is 4.39 Å². The molecule has 17 heavy (non-hydrogen) atoms. The number of halogens is 1. The van der Waals surface area contributed by atoms with Crippen LogP contribution in [0.5, 0.6) is 0 Å². The van der Waals surface area contributed by atoms with Crippen LogP contribution in [0.1, 0.15) is 25.5 Å². The van der Waals surface area contributed by atoms with Gasteiger partial charge in [0.25, 0.3) is 0 Å². The monoisotopic (exact) mass is 239 g/mol. The molecule has 0 aromatic heterocycles. The molecule has 0 aliphatic carbocycles. The number of benzene rings is 1. The van der Waals surface area contributed by atoms with E-state index in [-0.39, 0.29) is 11.9 Å². The van der Waals surface area contributed by atoms with Gasteiger partial charge in [0.05, 0.1) is 5.92 Å². The number of carbonyl (C=O) groups is 1. The Labute approximate surface area is 101 Å². The summed E-state index contributed by atoms with van der Waals surface area (Å²) in [6, 6.07) is 6.38. The Morgan fingerprint density at radius 3 is 2.65 bits per heavy atom. The van der Waals surface area contributed by atoms with Crippen molar-refractivity contribution in [1.29, 1.82) is 0 Å². The molecule has 2 atom stereocenters. The molecule has 2 unspecified atom stereocenters. The Morgan fingerprint density at radius 1 is 1.47 bits per heavy atom. The highest BCUT2D eigenvalue weighted by Gasteiger charge is 2.18. The molecule has 0 amide bonds. The Bertz CT molecular complexity index is 395. The van der Waals surface area contributed by atoms with Crippen molar-refractivity contribution in [3.8, 4) is 0 Å². The number of carboxylic acids is 1. The number of carboxylic acid groups (broad SMARTS) is 1. The third-order valence-corrected chi connectivity index (χ3v) is 2.98. The highest BCUT2D eigenvalue weighted by atomic mass is 19.1. The van der Waals surface area contributed by atoms with E-state index in [1.165, 1.54) is 12.1 Å². The highest BCUT2D eigenvalue weighted by Crippen LogP contribution is 2.20.